The van der Waals surface area contributed by atoms with Gasteiger partial charge in [-0.1, -0.05) is 89.7 Å². The Kier molecular flexibility index (Phi) is 16.4. The Morgan fingerprint density at radius 3 is 1.83 bits per heavy atom. The molecule has 0 saturated carbocycles. The number of allylic oxidation sites excluding steroid dienone is 2. The first-order chi connectivity index (χ1) is 14.7. The first-order valence-corrected chi connectivity index (χ1v) is 13.4. The van der Waals surface area contributed by atoms with Crippen molar-refractivity contribution in [3.8, 4) is 0 Å². The summed E-state index contributed by atoms with van der Waals surface area (Å²) in [4.78, 5) is 4.67. The van der Waals surface area contributed by atoms with Gasteiger partial charge < -0.3 is 5.11 Å². The highest BCUT2D eigenvalue weighted by Crippen LogP contribution is 2.26. The van der Waals surface area contributed by atoms with Crippen molar-refractivity contribution in [3.05, 3.63) is 12.2 Å². The van der Waals surface area contributed by atoms with E-state index in [2.05, 4.69) is 31.0 Å². The maximum atomic E-state index is 10.2. The quantitative estimate of drug-likeness (QED) is 0.121. The minimum Gasteiger partial charge on any atom is -0.345 e. The average molecular weight is 422 g/mol. The van der Waals surface area contributed by atoms with E-state index >= 15 is 0 Å². The molecule has 0 aromatic rings. The highest BCUT2D eigenvalue weighted by atomic mass is 16.3. The van der Waals surface area contributed by atoms with Crippen molar-refractivity contribution in [2.75, 3.05) is 13.1 Å². The fourth-order valence-corrected chi connectivity index (χ4v) is 4.84. The molecule has 1 N–H and O–H groups in total. The van der Waals surface area contributed by atoms with Crippen LogP contribution in [-0.4, -0.2) is 41.3 Å². The molecular formula is C27H53N2O+. The molecule has 3 unspecified atom stereocenters. The van der Waals surface area contributed by atoms with Crippen molar-refractivity contribution in [1.29, 1.82) is 0 Å². The molecule has 0 aliphatic carbocycles. The van der Waals surface area contributed by atoms with Gasteiger partial charge in [-0.25, -0.2) is 4.99 Å². The number of aliphatic hydroxyl groups is 1. The zero-order valence-electron chi connectivity index (χ0n) is 20.7. The van der Waals surface area contributed by atoms with E-state index in [1.165, 1.54) is 103 Å². The second-order valence-corrected chi connectivity index (χ2v) is 9.48. The lowest BCUT2D eigenvalue weighted by Gasteiger charge is -2.40. The van der Waals surface area contributed by atoms with Crippen molar-refractivity contribution in [3.63, 3.8) is 0 Å². The summed E-state index contributed by atoms with van der Waals surface area (Å²) in [7, 11) is 0. The van der Waals surface area contributed by atoms with Gasteiger partial charge in [0.2, 0.25) is 0 Å². The van der Waals surface area contributed by atoms with Crippen LogP contribution in [0.1, 0.15) is 130 Å². The minimum atomic E-state index is -0.316. The van der Waals surface area contributed by atoms with E-state index in [9.17, 15) is 5.11 Å². The number of aliphatic imine (C=N–C) groups is 1. The van der Waals surface area contributed by atoms with Gasteiger partial charge in [0, 0.05) is 13.3 Å². The third kappa shape index (κ3) is 11.1. The van der Waals surface area contributed by atoms with E-state index < -0.39 is 0 Å². The number of hydrogen-bond acceptors (Lipinski definition) is 2. The molecule has 3 atom stereocenters. The Bertz CT molecular complexity index is 446. The second-order valence-electron chi connectivity index (χ2n) is 9.48. The van der Waals surface area contributed by atoms with Crippen LogP contribution in [0.4, 0.5) is 0 Å². The summed E-state index contributed by atoms with van der Waals surface area (Å²) < 4.78 is 0.738. The van der Waals surface area contributed by atoms with Crippen LogP contribution in [0, 0.1) is 0 Å². The van der Waals surface area contributed by atoms with Gasteiger partial charge in [-0.15, -0.1) is 0 Å². The lowest BCUT2D eigenvalue weighted by atomic mass is 10.1. The number of hydrogen-bond donors (Lipinski definition) is 1. The summed E-state index contributed by atoms with van der Waals surface area (Å²) in [5.41, 5.74) is 0. The van der Waals surface area contributed by atoms with Crippen LogP contribution >= 0.6 is 0 Å². The zero-order chi connectivity index (χ0) is 21.9. The molecule has 3 nitrogen and oxygen atoms in total. The third-order valence-corrected chi connectivity index (χ3v) is 7.10. The molecule has 0 aromatic carbocycles. The molecule has 1 rings (SSSR count). The largest absolute Gasteiger partial charge is 0.345 e. The molecule has 3 heteroatoms. The van der Waals surface area contributed by atoms with E-state index in [-0.39, 0.29) is 12.4 Å². The maximum Gasteiger partial charge on any atom is 0.189 e. The molecule has 1 heterocycles. The number of quaternary nitrogens is 1. The molecule has 1 aliphatic rings. The van der Waals surface area contributed by atoms with E-state index in [1.807, 2.05) is 13.1 Å². The number of aliphatic hydroxyl groups excluding tert-OH is 1. The van der Waals surface area contributed by atoms with Gasteiger partial charge in [0.25, 0.3) is 0 Å². The normalized spacial score (nSPS) is 22.3. The summed E-state index contributed by atoms with van der Waals surface area (Å²) in [6.07, 6.45) is 29.8. The summed E-state index contributed by atoms with van der Waals surface area (Å²) >= 11 is 0. The van der Waals surface area contributed by atoms with E-state index in [0.29, 0.717) is 0 Å². The Hall–Kier alpha value is -0.670. The second kappa shape index (κ2) is 18.0. The number of nitrogens with zero attached hydrogens (tertiary/aromatic N) is 2. The molecule has 0 fully saturated rings. The highest BCUT2D eigenvalue weighted by Gasteiger charge is 2.41. The molecule has 30 heavy (non-hydrogen) atoms. The van der Waals surface area contributed by atoms with Crippen molar-refractivity contribution >= 4 is 6.21 Å². The average Bonchev–Trinajstić information content (AvgIpc) is 3.17. The molecule has 0 radical (unpaired) electrons. The standard InChI is InChI=1S/C27H53N2O/c1-4-6-7-8-9-10-11-12-13-14-15-16-17-18-19-20-21-22-23-27-28-24-25-29(27,5-2)26(3)30/h16-17,24,26-27,30H,4-15,18-23,25H2,1-3H3/q+1/b17-16+. The molecule has 0 spiro atoms. The Morgan fingerprint density at radius 1 is 0.833 bits per heavy atom. The highest BCUT2D eigenvalue weighted by molar-refractivity contribution is 5.60. The van der Waals surface area contributed by atoms with Crippen molar-refractivity contribution < 1.29 is 9.59 Å². The smallest absolute Gasteiger partial charge is 0.189 e. The van der Waals surface area contributed by atoms with Crippen LogP contribution in [0.3, 0.4) is 0 Å². The molecule has 0 bridgehead atoms. The Labute approximate surface area is 188 Å². The number of unbranched alkanes of at least 4 members (excludes halogenated alkanes) is 14. The van der Waals surface area contributed by atoms with Crippen molar-refractivity contribution in [2.45, 2.75) is 142 Å². The Balaban J connectivity index is 1.88. The third-order valence-electron chi connectivity index (χ3n) is 7.10. The molecule has 0 aromatic heterocycles. The number of rotatable bonds is 20. The van der Waals surface area contributed by atoms with Crippen LogP contribution in [-0.2, 0) is 0 Å². The first-order valence-electron chi connectivity index (χ1n) is 13.4. The van der Waals surface area contributed by atoms with Gasteiger partial charge in [-0.2, -0.15) is 0 Å². The van der Waals surface area contributed by atoms with Gasteiger partial charge in [-0.05, 0) is 39.0 Å². The topological polar surface area (TPSA) is 32.6 Å². The van der Waals surface area contributed by atoms with Gasteiger partial charge in [0.15, 0.2) is 12.4 Å². The predicted octanol–water partition coefficient (Wildman–Crippen LogP) is 7.78. The first kappa shape index (κ1) is 27.4. The fourth-order valence-electron chi connectivity index (χ4n) is 4.84. The van der Waals surface area contributed by atoms with Gasteiger partial charge in [-0.3, -0.25) is 4.48 Å². The van der Waals surface area contributed by atoms with Crippen LogP contribution in [0.25, 0.3) is 0 Å². The van der Waals surface area contributed by atoms with Crippen LogP contribution in [0.2, 0.25) is 0 Å². The van der Waals surface area contributed by atoms with Crippen molar-refractivity contribution in [1.82, 2.24) is 0 Å². The maximum absolute atomic E-state index is 10.2. The van der Waals surface area contributed by atoms with Crippen LogP contribution < -0.4 is 0 Å². The molecule has 1 aliphatic heterocycles. The Morgan fingerprint density at radius 2 is 1.33 bits per heavy atom. The van der Waals surface area contributed by atoms with Crippen LogP contribution in [0.15, 0.2) is 17.1 Å². The summed E-state index contributed by atoms with van der Waals surface area (Å²) in [6.45, 7) is 8.25. The van der Waals surface area contributed by atoms with E-state index in [4.69, 9.17) is 0 Å². The van der Waals surface area contributed by atoms with Gasteiger partial charge in [0.1, 0.15) is 6.54 Å². The van der Waals surface area contributed by atoms with Crippen LogP contribution in [0.5, 0.6) is 0 Å². The summed E-state index contributed by atoms with van der Waals surface area (Å²) in [5.74, 6) is 0. The summed E-state index contributed by atoms with van der Waals surface area (Å²) in [5, 5.41) is 10.2. The van der Waals surface area contributed by atoms with Crippen molar-refractivity contribution in [2.24, 2.45) is 4.99 Å². The SMILES string of the molecule is CCCCCCCCCCCC/C=C/CCCCCCC1N=CC[N+]1(CC)C(C)O. The monoisotopic (exact) mass is 421 g/mol. The van der Waals surface area contributed by atoms with Gasteiger partial charge >= 0.3 is 0 Å². The fraction of sp³-hybridized carbons (Fsp3) is 0.889. The lowest BCUT2D eigenvalue weighted by molar-refractivity contribution is -0.976. The molecule has 0 saturated heterocycles. The van der Waals surface area contributed by atoms with Gasteiger partial charge in [0.05, 0.1) is 12.8 Å². The predicted molar refractivity (Wildman–Crippen MR) is 133 cm³/mol. The molecule has 176 valence electrons. The molecule has 0 amide bonds. The lowest BCUT2D eigenvalue weighted by Crippen LogP contribution is -2.57. The zero-order valence-corrected chi connectivity index (χ0v) is 20.7. The van der Waals surface area contributed by atoms with E-state index in [1.54, 1.807) is 0 Å². The van der Waals surface area contributed by atoms with E-state index in [0.717, 1.165) is 24.0 Å². The minimum absolute atomic E-state index is 0.274. The molecular weight excluding hydrogens is 368 g/mol. The summed E-state index contributed by atoms with van der Waals surface area (Å²) in [6, 6.07) is 0.